The summed E-state index contributed by atoms with van der Waals surface area (Å²) in [6, 6.07) is 10.1. The number of hydrogen-bond donors (Lipinski definition) is 1. The summed E-state index contributed by atoms with van der Waals surface area (Å²) in [7, 11) is 0. The molecule has 4 rings (SSSR count). The Bertz CT molecular complexity index is 983. The van der Waals surface area contributed by atoms with Gasteiger partial charge in [-0.15, -0.1) is 0 Å². The molecule has 2 aromatic heterocycles. The number of nitrogens with one attached hydrogen (secondary N) is 1. The molecule has 1 aliphatic rings. The fraction of sp³-hybridized carbons (Fsp3) is 0.250. The standard InChI is InChI=1S/C20H20N4O/c1-14-4-6-15(7-5-14)8-9-16-10-11-21-18-17(16)19(25)23-20(22-18)24-12-2-3-13-24/h4-11H,2-3,12-13H2,1H3,(H,21,22,23,25)/b9-8+. The number of aromatic amines is 1. The van der Waals surface area contributed by atoms with Crippen molar-refractivity contribution in [2.45, 2.75) is 19.8 Å². The van der Waals surface area contributed by atoms with Crippen molar-refractivity contribution in [2.75, 3.05) is 18.0 Å². The van der Waals surface area contributed by atoms with Crippen molar-refractivity contribution in [3.63, 3.8) is 0 Å². The van der Waals surface area contributed by atoms with Crippen LogP contribution in [0.3, 0.4) is 0 Å². The highest BCUT2D eigenvalue weighted by molar-refractivity contribution is 5.88. The lowest BCUT2D eigenvalue weighted by atomic mass is 10.1. The van der Waals surface area contributed by atoms with E-state index in [2.05, 4.69) is 51.0 Å². The molecular weight excluding hydrogens is 312 g/mol. The van der Waals surface area contributed by atoms with E-state index in [-0.39, 0.29) is 5.56 Å². The Kier molecular flexibility index (Phi) is 4.06. The first kappa shape index (κ1) is 15.6. The molecule has 0 amide bonds. The maximum atomic E-state index is 12.6. The molecule has 1 aliphatic heterocycles. The Morgan fingerprint density at radius 2 is 1.84 bits per heavy atom. The van der Waals surface area contributed by atoms with Crippen LogP contribution in [0.1, 0.15) is 29.5 Å². The average molecular weight is 332 g/mol. The number of H-pyrrole nitrogens is 1. The second-order valence-electron chi connectivity index (χ2n) is 6.43. The third-order valence-corrected chi connectivity index (χ3v) is 4.57. The fourth-order valence-electron chi connectivity index (χ4n) is 3.16. The van der Waals surface area contributed by atoms with Gasteiger partial charge in [0.2, 0.25) is 5.95 Å². The molecule has 0 aliphatic carbocycles. The van der Waals surface area contributed by atoms with E-state index in [9.17, 15) is 4.79 Å². The lowest BCUT2D eigenvalue weighted by Gasteiger charge is -2.15. The SMILES string of the molecule is Cc1ccc(/C=C/c2ccnc3nc(N4CCCC4)[nH]c(=O)c23)cc1. The summed E-state index contributed by atoms with van der Waals surface area (Å²) < 4.78 is 0. The first-order valence-corrected chi connectivity index (χ1v) is 8.59. The molecule has 126 valence electrons. The third-order valence-electron chi connectivity index (χ3n) is 4.57. The zero-order chi connectivity index (χ0) is 17.2. The van der Waals surface area contributed by atoms with Crippen LogP contribution < -0.4 is 10.5 Å². The van der Waals surface area contributed by atoms with Crippen LogP contribution in [0, 0.1) is 6.92 Å². The van der Waals surface area contributed by atoms with E-state index in [0.29, 0.717) is 17.0 Å². The summed E-state index contributed by atoms with van der Waals surface area (Å²) in [5.74, 6) is 0.627. The van der Waals surface area contributed by atoms with Gasteiger partial charge in [0.15, 0.2) is 5.65 Å². The smallest absolute Gasteiger partial charge is 0.262 e. The number of hydrogen-bond acceptors (Lipinski definition) is 4. The van der Waals surface area contributed by atoms with Crippen LogP contribution in [-0.4, -0.2) is 28.0 Å². The fourth-order valence-corrected chi connectivity index (χ4v) is 3.16. The van der Waals surface area contributed by atoms with Gasteiger partial charge in [0.25, 0.3) is 5.56 Å². The van der Waals surface area contributed by atoms with Crippen molar-refractivity contribution in [1.29, 1.82) is 0 Å². The Morgan fingerprint density at radius 3 is 2.60 bits per heavy atom. The van der Waals surface area contributed by atoms with Crippen LogP contribution in [0.4, 0.5) is 5.95 Å². The van der Waals surface area contributed by atoms with Gasteiger partial charge >= 0.3 is 0 Å². The van der Waals surface area contributed by atoms with Gasteiger partial charge in [-0.1, -0.05) is 42.0 Å². The van der Waals surface area contributed by atoms with Crippen molar-refractivity contribution in [3.05, 3.63) is 63.6 Å². The maximum Gasteiger partial charge on any atom is 0.262 e. The van der Waals surface area contributed by atoms with Gasteiger partial charge in [-0.2, -0.15) is 4.98 Å². The highest BCUT2D eigenvalue weighted by Gasteiger charge is 2.16. The van der Waals surface area contributed by atoms with Crippen molar-refractivity contribution < 1.29 is 0 Å². The summed E-state index contributed by atoms with van der Waals surface area (Å²) in [6.45, 7) is 3.93. The van der Waals surface area contributed by atoms with Crippen LogP contribution in [-0.2, 0) is 0 Å². The predicted molar refractivity (Wildman–Crippen MR) is 102 cm³/mol. The van der Waals surface area contributed by atoms with Gasteiger partial charge in [0.1, 0.15) is 0 Å². The van der Waals surface area contributed by atoms with Gasteiger partial charge in [-0.25, -0.2) is 4.98 Å². The van der Waals surface area contributed by atoms with Gasteiger partial charge in [-0.3, -0.25) is 9.78 Å². The van der Waals surface area contributed by atoms with E-state index in [4.69, 9.17) is 0 Å². The minimum atomic E-state index is -0.136. The Balaban J connectivity index is 1.74. The van der Waals surface area contributed by atoms with Crippen molar-refractivity contribution in [3.8, 4) is 0 Å². The molecule has 0 spiro atoms. The van der Waals surface area contributed by atoms with Gasteiger partial charge in [-0.05, 0) is 37.0 Å². The molecule has 3 aromatic rings. The van der Waals surface area contributed by atoms with Crippen LogP contribution in [0.2, 0.25) is 0 Å². The molecule has 3 heterocycles. The maximum absolute atomic E-state index is 12.6. The lowest BCUT2D eigenvalue weighted by molar-refractivity contribution is 0.897. The topological polar surface area (TPSA) is 61.9 Å². The zero-order valence-electron chi connectivity index (χ0n) is 14.2. The second-order valence-corrected chi connectivity index (χ2v) is 6.43. The van der Waals surface area contributed by atoms with E-state index < -0.39 is 0 Å². The molecule has 25 heavy (non-hydrogen) atoms. The molecule has 5 heteroatoms. The van der Waals surface area contributed by atoms with Crippen LogP contribution >= 0.6 is 0 Å². The Hall–Kier alpha value is -2.95. The van der Waals surface area contributed by atoms with E-state index >= 15 is 0 Å². The second kappa shape index (κ2) is 6.51. The van der Waals surface area contributed by atoms with Crippen LogP contribution in [0.5, 0.6) is 0 Å². The lowest BCUT2D eigenvalue weighted by Crippen LogP contribution is -2.24. The molecule has 0 saturated carbocycles. The van der Waals surface area contributed by atoms with Crippen molar-refractivity contribution in [2.24, 2.45) is 0 Å². The number of nitrogens with zero attached hydrogens (tertiary/aromatic N) is 3. The molecule has 1 N–H and O–H groups in total. The highest BCUT2D eigenvalue weighted by Crippen LogP contribution is 2.19. The third kappa shape index (κ3) is 3.18. The number of rotatable bonds is 3. The largest absolute Gasteiger partial charge is 0.342 e. The van der Waals surface area contributed by atoms with Gasteiger partial charge < -0.3 is 4.90 Å². The van der Waals surface area contributed by atoms with E-state index in [1.807, 2.05) is 18.2 Å². The molecule has 0 bridgehead atoms. The number of anilines is 1. The molecule has 0 unspecified atom stereocenters. The number of fused-ring (bicyclic) bond motifs is 1. The first-order valence-electron chi connectivity index (χ1n) is 8.59. The van der Waals surface area contributed by atoms with Crippen LogP contribution in [0.25, 0.3) is 23.2 Å². The summed E-state index contributed by atoms with van der Waals surface area (Å²) in [5, 5.41) is 0.536. The van der Waals surface area contributed by atoms with Gasteiger partial charge in [0.05, 0.1) is 5.39 Å². The highest BCUT2D eigenvalue weighted by atomic mass is 16.1. The van der Waals surface area contributed by atoms with E-state index in [1.165, 1.54) is 5.56 Å². The van der Waals surface area contributed by atoms with Gasteiger partial charge in [0, 0.05) is 19.3 Å². The quantitative estimate of drug-likeness (QED) is 0.798. The van der Waals surface area contributed by atoms with Crippen molar-refractivity contribution >= 4 is 29.1 Å². The molecule has 0 radical (unpaired) electrons. The minimum absolute atomic E-state index is 0.136. The minimum Gasteiger partial charge on any atom is -0.342 e. The normalized spacial score (nSPS) is 14.7. The van der Waals surface area contributed by atoms with Crippen molar-refractivity contribution in [1.82, 2.24) is 15.0 Å². The molecule has 1 saturated heterocycles. The number of pyridine rings is 1. The zero-order valence-corrected chi connectivity index (χ0v) is 14.2. The molecular formula is C20H20N4O. The number of aromatic nitrogens is 3. The first-order chi connectivity index (χ1) is 12.2. The Morgan fingerprint density at radius 1 is 1.08 bits per heavy atom. The predicted octanol–water partition coefficient (Wildman–Crippen LogP) is 3.40. The molecule has 1 aromatic carbocycles. The summed E-state index contributed by atoms with van der Waals surface area (Å²) in [4.78, 5) is 26.5. The summed E-state index contributed by atoms with van der Waals surface area (Å²) in [6.07, 6.45) is 7.92. The molecule has 1 fully saturated rings. The summed E-state index contributed by atoms with van der Waals surface area (Å²) >= 11 is 0. The van der Waals surface area contributed by atoms with Crippen LogP contribution in [0.15, 0.2) is 41.3 Å². The monoisotopic (exact) mass is 332 g/mol. The van der Waals surface area contributed by atoms with E-state index in [0.717, 1.165) is 37.1 Å². The molecule has 5 nitrogen and oxygen atoms in total. The average Bonchev–Trinajstić information content (AvgIpc) is 3.15. The summed E-state index contributed by atoms with van der Waals surface area (Å²) in [5.41, 5.74) is 3.50. The van der Waals surface area contributed by atoms with E-state index in [1.54, 1.807) is 6.20 Å². The Labute approximate surface area is 146 Å². The number of benzene rings is 1. The molecule has 0 atom stereocenters. The number of aryl methyl sites for hydroxylation is 1.